The number of nitrogens with one attached hydrogen (secondary N) is 1. The number of ketones is 2. The summed E-state index contributed by atoms with van der Waals surface area (Å²) in [5.74, 6) is -2.00. The lowest BCUT2D eigenvalue weighted by atomic mass is 9.89. The summed E-state index contributed by atoms with van der Waals surface area (Å²) in [6.45, 7) is 9.79. The van der Waals surface area contributed by atoms with Crippen molar-refractivity contribution >= 4 is 35.2 Å². The van der Waals surface area contributed by atoms with E-state index in [2.05, 4.69) is 14.9 Å². The second-order valence-electron chi connectivity index (χ2n) is 6.26. The first-order chi connectivity index (χ1) is 13.3. The van der Waals surface area contributed by atoms with Crippen LogP contribution >= 0.6 is 11.8 Å². The van der Waals surface area contributed by atoms with Gasteiger partial charge in [0, 0.05) is 25.0 Å². The molecule has 0 heterocycles. The predicted molar refractivity (Wildman–Crippen MR) is 106 cm³/mol. The Labute approximate surface area is 169 Å². The zero-order valence-electron chi connectivity index (χ0n) is 16.1. The topological polar surface area (TPSA) is 93.9 Å². The fourth-order valence-corrected chi connectivity index (χ4v) is 3.50. The molecule has 0 saturated carbocycles. The van der Waals surface area contributed by atoms with E-state index in [1.807, 2.05) is 30.3 Å². The molecule has 0 saturated heterocycles. The minimum atomic E-state index is -1.11. The fraction of sp³-hybridized carbons (Fsp3) is 0.450. The molecule has 0 aromatic heterocycles. The van der Waals surface area contributed by atoms with Crippen molar-refractivity contribution in [1.82, 2.24) is 5.32 Å². The van der Waals surface area contributed by atoms with Gasteiger partial charge in [-0.2, -0.15) is 0 Å². The van der Waals surface area contributed by atoms with Gasteiger partial charge in [0.1, 0.15) is 5.78 Å². The lowest BCUT2D eigenvalue weighted by Crippen LogP contribution is -2.43. The first-order valence-corrected chi connectivity index (χ1v) is 9.73. The van der Waals surface area contributed by atoms with Gasteiger partial charge in [0.05, 0.1) is 13.2 Å². The van der Waals surface area contributed by atoms with Crippen LogP contribution in [0.3, 0.4) is 0 Å². The van der Waals surface area contributed by atoms with E-state index in [0.717, 1.165) is 17.3 Å². The highest BCUT2D eigenvalue weighted by Gasteiger charge is 2.30. The molecule has 150 valence electrons. The minimum absolute atomic E-state index is 0.0311. The monoisotopic (exact) mass is 404 g/mol. The number of methoxy groups -OCH3 is 1. The number of rotatable bonds is 11. The van der Waals surface area contributed by atoms with Crippen LogP contribution in [0, 0.1) is 12.5 Å². The lowest BCUT2D eigenvalue weighted by Gasteiger charge is -2.19. The number of carbonyl (C=O) groups excluding carboxylic acids is 4. The Balaban J connectivity index is 2.83. The molecule has 8 heteroatoms. The number of carbonyl (C=O) groups is 4. The van der Waals surface area contributed by atoms with E-state index in [9.17, 15) is 19.2 Å². The molecule has 0 spiro atoms. The minimum Gasteiger partial charge on any atom is -0.463 e. The molecule has 3 atom stereocenters. The highest BCUT2D eigenvalue weighted by atomic mass is 32.2. The molecule has 1 aromatic carbocycles. The molecule has 28 heavy (non-hydrogen) atoms. The highest BCUT2D eigenvalue weighted by molar-refractivity contribution is 8.00. The summed E-state index contributed by atoms with van der Waals surface area (Å²) in [7, 11) is 1.18. The van der Waals surface area contributed by atoms with Crippen LogP contribution in [0.25, 0.3) is 4.85 Å². The molecule has 0 bridgehead atoms. The molecule has 1 N–H and O–H groups in total. The summed E-state index contributed by atoms with van der Waals surface area (Å²) in [4.78, 5) is 51.0. The van der Waals surface area contributed by atoms with Crippen molar-refractivity contribution in [1.29, 1.82) is 0 Å². The van der Waals surface area contributed by atoms with Crippen molar-refractivity contribution in [3.8, 4) is 0 Å². The average Bonchev–Trinajstić information content (AvgIpc) is 2.66. The molecule has 1 rings (SSSR count). The number of hydrogen-bond donors (Lipinski definition) is 1. The van der Waals surface area contributed by atoms with E-state index < -0.39 is 29.2 Å². The van der Waals surface area contributed by atoms with Crippen LogP contribution in [0.4, 0.5) is 0 Å². The molecular formula is C20H24N2O5S. The van der Waals surface area contributed by atoms with Gasteiger partial charge in [-0.05, 0) is 18.9 Å². The summed E-state index contributed by atoms with van der Waals surface area (Å²) >= 11 is 0.923. The summed E-state index contributed by atoms with van der Waals surface area (Å²) < 4.78 is 4.55. The van der Waals surface area contributed by atoms with E-state index in [1.54, 1.807) is 0 Å². The van der Waals surface area contributed by atoms with Crippen molar-refractivity contribution in [3.05, 3.63) is 47.3 Å². The summed E-state index contributed by atoms with van der Waals surface area (Å²) in [6, 6.07) is 8.48. The Kier molecular flexibility index (Phi) is 9.96. The molecule has 0 aliphatic carbocycles. The van der Waals surface area contributed by atoms with Gasteiger partial charge in [0.25, 0.3) is 0 Å². The Morgan fingerprint density at radius 2 is 1.82 bits per heavy atom. The van der Waals surface area contributed by atoms with Gasteiger partial charge in [-0.15, -0.1) is 0 Å². The maximum Gasteiger partial charge on any atom is 0.401 e. The number of benzene rings is 1. The third kappa shape index (κ3) is 7.92. The van der Waals surface area contributed by atoms with Gasteiger partial charge in [-0.1, -0.05) is 42.1 Å². The standard InChI is InChI=1S/C20H24N2O5S/c1-13(23)16(10-15-8-6-5-7-9-15)11-18(25)17(22-14(2)24)12-28-19(21-3)20(26)27-4/h5-9,16-17,19H,10-12H2,1-2,4H3,(H,22,24)/t16-,17-,19?/m1/s1. The third-order valence-electron chi connectivity index (χ3n) is 4.05. The van der Waals surface area contributed by atoms with Crippen molar-refractivity contribution in [2.45, 2.75) is 38.1 Å². The SMILES string of the molecule is [C-]#[N+]C(SC[C@@H](NC(C)=O)C(=O)C[C@@H](Cc1ccccc1)C(C)=O)C(=O)OC. The zero-order valence-corrected chi connectivity index (χ0v) is 17.0. The fourth-order valence-electron chi connectivity index (χ4n) is 2.55. The number of hydrogen-bond acceptors (Lipinski definition) is 6. The van der Waals surface area contributed by atoms with E-state index in [0.29, 0.717) is 6.42 Å². The Morgan fingerprint density at radius 1 is 1.18 bits per heavy atom. The third-order valence-corrected chi connectivity index (χ3v) is 5.19. The van der Waals surface area contributed by atoms with Crippen molar-refractivity contribution in [2.24, 2.45) is 5.92 Å². The summed E-state index contributed by atoms with van der Waals surface area (Å²) in [5.41, 5.74) is 0.944. The van der Waals surface area contributed by atoms with Crippen LogP contribution in [-0.4, -0.2) is 47.7 Å². The Morgan fingerprint density at radius 3 is 2.32 bits per heavy atom. The van der Waals surface area contributed by atoms with Gasteiger partial charge >= 0.3 is 11.3 Å². The summed E-state index contributed by atoms with van der Waals surface area (Å²) in [5, 5.41) is 1.44. The molecule has 0 aliphatic rings. The lowest BCUT2D eigenvalue weighted by molar-refractivity contribution is -0.139. The van der Waals surface area contributed by atoms with Gasteiger partial charge in [-0.3, -0.25) is 19.2 Å². The second-order valence-corrected chi connectivity index (χ2v) is 7.37. The Hall–Kier alpha value is -2.66. The van der Waals surface area contributed by atoms with Crippen LogP contribution in [0.15, 0.2) is 30.3 Å². The molecule has 0 aliphatic heterocycles. The molecular weight excluding hydrogens is 380 g/mol. The number of esters is 1. The predicted octanol–water partition coefficient (Wildman–Crippen LogP) is 2.05. The number of ether oxygens (including phenoxy) is 1. The van der Waals surface area contributed by atoms with Gasteiger partial charge < -0.3 is 10.1 Å². The van der Waals surface area contributed by atoms with Crippen molar-refractivity contribution in [3.63, 3.8) is 0 Å². The second kappa shape index (κ2) is 11.9. The van der Waals surface area contributed by atoms with Crippen LogP contribution in [0.2, 0.25) is 0 Å². The highest BCUT2D eigenvalue weighted by Crippen LogP contribution is 2.19. The number of Topliss-reactive ketones (excluding diaryl/α,β-unsaturated/α-hetero) is 2. The first kappa shape index (κ1) is 23.4. The van der Waals surface area contributed by atoms with Crippen LogP contribution < -0.4 is 5.32 Å². The molecule has 1 aromatic rings. The Bertz CT molecular complexity index is 745. The quantitative estimate of drug-likeness (QED) is 0.448. The van der Waals surface area contributed by atoms with Crippen LogP contribution in [0.5, 0.6) is 0 Å². The number of amides is 1. The summed E-state index contributed by atoms with van der Waals surface area (Å²) in [6.07, 6.45) is 0.394. The van der Waals surface area contributed by atoms with Gasteiger partial charge in [-0.25, -0.2) is 11.4 Å². The molecule has 0 radical (unpaired) electrons. The molecule has 0 fully saturated rings. The maximum absolute atomic E-state index is 12.8. The van der Waals surface area contributed by atoms with Crippen molar-refractivity contribution < 1.29 is 23.9 Å². The molecule has 1 amide bonds. The van der Waals surface area contributed by atoms with E-state index in [1.165, 1.54) is 21.0 Å². The molecule has 1 unspecified atom stereocenters. The average molecular weight is 404 g/mol. The van der Waals surface area contributed by atoms with E-state index in [-0.39, 0.29) is 23.7 Å². The van der Waals surface area contributed by atoms with Crippen LogP contribution in [-0.2, 0) is 30.3 Å². The van der Waals surface area contributed by atoms with Crippen LogP contribution in [0.1, 0.15) is 25.8 Å². The van der Waals surface area contributed by atoms with Gasteiger partial charge in [0.2, 0.25) is 5.91 Å². The molecule has 7 nitrogen and oxygen atoms in total. The largest absolute Gasteiger partial charge is 0.463 e. The first-order valence-electron chi connectivity index (χ1n) is 8.68. The number of nitrogens with zero attached hydrogens (tertiary/aromatic N) is 1. The zero-order chi connectivity index (χ0) is 21.1. The number of thioether (sulfide) groups is 1. The smallest absolute Gasteiger partial charge is 0.401 e. The van der Waals surface area contributed by atoms with Crippen molar-refractivity contribution in [2.75, 3.05) is 12.9 Å². The van der Waals surface area contributed by atoms with Gasteiger partial charge in [0.15, 0.2) is 5.78 Å². The van der Waals surface area contributed by atoms with E-state index >= 15 is 0 Å². The maximum atomic E-state index is 12.8. The van der Waals surface area contributed by atoms with E-state index in [4.69, 9.17) is 6.57 Å². The normalized spacial score (nSPS) is 13.5.